The van der Waals surface area contributed by atoms with E-state index in [1.165, 1.54) is 0 Å². The fourth-order valence-electron chi connectivity index (χ4n) is 1.61. The van der Waals surface area contributed by atoms with Crippen LogP contribution >= 0.6 is 8.58 Å². The lowest BCUT2D eigenvalue weighted by Crippen LogP contribution is -2.22. The van der Waals surface area contributed by atoms with Crippen molar-refractivity contribution in [3.05, 3.63) is 5.56 Å². The van der Waals surface area contributed by atoms with E-state index in [9.17, 15) is 4.79 Å². The third-order valence-corrected chi connectivity index (χ3v) is 3.87. The van der Waals surface area contributed by atoms with Gasteiger partial charge in [-0.15, -0.1) is 0 Å². The number of nitrogens with two attached hydrogens (primary N) is 5. The topological polar surface area (TPSA) is 147 Å². The molecule has 0 radical (unpaired) electrons. The van der Waals surface area contributed by atoms with Crippen molar-refractivity contribution in [3.63, 3.8) is 0 Å². The molecule has 7 heteroatoms. The van der Waals surface area contributed by atoms with Crippen LogP contribution in [0.2, 0.25) is 0 Å². The number of Topliss-reactive ketones (excluding diaryl/α,β-unsaturated/α-hetero) is 1. The van der Waals surface area contributed by atoms with Crippen LogP contribution in [0.3, 0.4) is 0 Å². The van der Waals surface area contributed by atoms with Gasteiger partial charge >= 0.3 is 0 Å². The van der Waals surface area contributed by atoms with Gasteiger partial charge in [-0.3, -0.25) is 4.79 Å². The van der Waals surface area contributed by atoms with Crippen molar-refractivity contribution in [2.24, 2.45) is 5.73 Å². The minimum atomic E-state index is -0.564. The molecule has 0 spiro atoms. The minimum Gasteiger partial charge on any atom is -0.396 e. The van der Waals surface area contributed by atoms with E-state index in [2.05, 4.69) is 0 Å². The van der Waals surface area contributed by atoms with Gasteiger partial charge in [0.05, 0.1) is 34.1 Å². The highest BCUT2D eigenvalue weighted by molar-refractivity contribution is 7.51. The second-order valence-corrected chi connectivity index (χ2v) is 4.80. The summed E-state index contributed by atoms with van der Waals surface area (Å²) in [4.78, 5) is 11.7. The molecule has 0 saturated carbocycles. The number of carbonyl (C=O) groups excluding carboxylic acids is 1. The number of nitrogen functional groups attached to an aromatic ring is 4. The molecular weight excluding hydrogens is 213 g/mol. The normalized spacial score (nSPS) is 20.9. The van der Waals surface area contributed by atoms with E-state index in [1.807, 2.05) is 0 Å². The number of hydrogen-bond donors (Lipinski definition) is 5. The van der Waals surface area contributed by atoms with Crippen LogP contribution in [0.25, 0.3) is 0 Å². The molecule has 0 saturated heterocycles. The van der Waals surface area contributed by atoms with Crippen LogP contribution in [-0.4, -0.2) is 11.6 Å². The van der Waals surface area contributed by atoms with Gasteiger partial charge in [-0.05, 0) is 0 Å². The van der Waals surface area contributed by atoms with Crippen LogP contribution in [-0.2, 0) is 0 Å². The van der Waals surface area contributed by atoms with Crippen molar-refractivity contribution in [2.45, 2.75) is 5.78 Å². The predicted molar refractivity (Wildman–Crippen MR) is 64.3 cm³/mol. The Labute approximate surface area is 87.9 Å². The molecule has 1 aliphatic rings. The Bertz CT molecular complexity index is 473. The SMILES string of the molecule is Nc1c(N)c(N)c2c(c1N)PC(N)C2=O. The van der Waals surface area contributed by atoms with Crippen molar-refractivity contribution in [1.29, 1.82) is 0 Å². The standard InChI is InChI=1S/C8H12N5OP/c9-2-1-6(14)8(13)15-7(1)5(12)4(11)3(2)10/h8,15H,9-13H2. The lowest BCUT2D eigenvalue weighted by molar-refractivity contribution is 0.0995. The number of rotatable bonds is 0. The first-order valence-electron chi connectivity index (χ1n) is 4.27. The van der Waals surface area contributed by atoms with Crippen molar-refractivity contribution in [2.75, 3.05) is 22.9 Å². The quantitative estimate of drug-likeness (QED) is 0.277. The third kappa shape index (κ3) is 1.15. The Kier molecular flexibility index (Phi) is 1.99. The van der Waals surface area contributed by atoms with Gasteiger partial charge in [0.15, 0.2) is 5.78 Å². The lowest BCUT2D eigenvalue weighted by Gasteiger charge is -2.12. The summed E-state index contributed by atoms with van der Waals surface area (Å²) >= 11 is 0. The molecule has 1 aliphatic heterocycles. The van der Waals surface area contributed by atoms with E-state index in [4.69, 9.17) is 28.7 Å². The fraction of sp³-hybridized carbons (Fsp3) is 0.125. The Hall–Kier alpha value is -1.52. The second kappa shape index (κ2) is 2.98. The van der Waals surface area contributed by atoms with E-state index in [-0.39, 0.29) is 31.4 Å². The molecular formula is C8H12N5OP. The summed E-state index contributed by atoms with van der Waals surface area (Å²) < 4.78 is 0. The maximum atomic E-state index is 11.7. The van der Waals surface area contributed by atoms with E-state index < -0.39 is 5.78 Å². The first kappa shape index (κ1) is 10.0. The highest BCUT2D eigenvalue weighted by Crippen LogP contribution is 2.40. The Morgan fingerprint density at radius 2 is 1.47 bits per heavy atom. The van der Waals surface area contributed by atoms with E-state index in [1.54, 1.807) is 0 Å². The fourth-order valence-corrected chi connectivity index (χ4v) is 2.89. The molecule has 0 aromatic heterocycles. The molecule has 2 rings (SSSR count). The van der Waals surface area contributed by atoms with Crippen LogP contribution in [0.4, 0.5) is 22.7 Å². The molecule has 0 aliphatic carbocycles. The van der Waals surface area contributed by atoms with Crippen LogP contribution < -0.4 is 34.0 Å². The largest absolute Gasteiger partial charge is 0.396 e. The van der Waals surface area contributed by atoms with Crippen molar-refractivity contribution in [1.82, 2.24) is 0 Å². The summed E-state index contributed by atoms with van der Waals surface area (Å²) in [6.07, 6.45) is 0. The zero-order valence-corrected chi connectivity index (χ0v) is 8.87. The highest BCUT2D eigenvalue weighted by atomic mass is 31.1. The number of fused-ring (bicyclic) bond motifs is 1. The smallest absolute Gasteiger partial charge is 0.186 e. The van der Waals surface area contributed by atoms with Crippen LogP contribution in [0.1, 0.15) is 10.4 Å². The van der Waals surface area contributed by atoms with Gasteiger partial charge < -0.3 is 28.7 Å². The van der Waals surface area contributed by atoms with E-state index >= 15 is 0 Å². The van der Waals surface area contributed by atoms with Gasteiger partial charge in [0.25, 0.3) is 0 Å². The average Bonchev–Trinajstić information content (AvgIpc) is 2.50. The number of ketones is 1. The molecule has 2 unspecified atom stereocenters. The maximum absolute atomic E-state index is 11.7. The molecule has 0 amide bonds. The van der Waals surface area contributed by atoms with Gasteiger partial charge in [-0.1, -0.05) is 8.58 Å². The average molecular weight is 225 g/mol. The molecule has 0 bridgehead atoms. The molecule has 0 fully saturated rings. The van der Waals surface area contributed by atoms with Crippen LogP contribution in [0.5, 0.6) is 0 Å². The van der Waals surface area contributed by atoms with Crippen LogP contribution in [0.15, 0.2) is 0 Å². The second-order valence-electron chi connectivity index (χ2n) is 3.39. The maximum Gasteiger partial charge on any atom is 0.186 e. The summed E-state index contributed by atoms with van der Waals surface area (Å²) in [5.41, 5.74) is 29.7. The Morgan fingerprint density at radius 3 is 2.07 bits per heavy atom. The molecule has 10 N–H and O–H groups in total. The van der Waals surface area contributed by atoms with E-state index in [0.29, 0.717) is 16.6 Å². The van der Waals surface area contributed by atoms with Gasteiger partial charge in [0.2, 0.25) is 0 Å². The summed E-state index contributed by atoms with van der Waals surface area (Å²) in [5.74, 6) is -0.773. The monoisotopic (exact) mass is 225 g/mol. The summed E-state index contributed by atoms with van der Waals surface area (Å²) in [6.45, 7) is 0. The van der Waals surface area contributed by atoms with Crippen molar-refractivity contribution < 1.29 is 4.79 Å². The lowest BCUT2D eigenvalue weighted by atomic mass is 10.0. The number of benzene rings is 1. The van der Waals surface area contributed by atoms with Crippen molar-refractivity contribution >= 4 is 42.4 Å². The van der Waals surface area contributed by atoms with E-state index in [0.717, 1.165) is 0 Å². The molecule has 2 atom stereocenters. The Morgan fingerprint density at radius 1 is 0.933 bits per heavy atom. The highest BCUT2D eigenvalue weighted by Gasteiger charge is 2.33. The third-order valence-electron chi connectivity index (χ3n) is 2.49. The molecule has 6 nitrogen and oxygen atoms in total. The zero-order chi connectivity index (χ0) is 11.3. The molecule has 1 aromatic carbocycles. The Balaban J connectivity index is 2.81. The van der Waals surface area contributed by atoms with Gasteiger partial charge in [-0.25, -0.2) is 0 Å². The summed E-state index contributed by atoms with van der Waals surface area (Å²) in [7, 11) is 0.109. The first-order valence-corrected chi connectivity index (χ1v) is 5.35. The zero-order valence-electron chi connectivity index (χ0n) is 7.87. The number of hydrogen-bond acceptors (Lipinski definition) is 6. The van der Waals surface area contributed by atoms with Crippen molar-refractivity contribution in [3.8, 4) is 0 Å². The molecule has 1 heterocycles. The summed E-state index contributed by atoms with van der Waals surface area (Å²) in [5, 5.41) is 0.650. The first-order chi connectivity index (χ1) is 6.95. The van der Waals surface area contributed by atoms with Crippen LogP contribution in [0, 0.1) is 0 Å². The van der Waals surface area contributed by atoms with Gasteiger partial charge in [0, 0.05) is 5.30 Å². The molecule has 80 valence electrons. The predicted octanol–water partition coefficient (Wildman–Crippen LogP) is -1.20. The minimum absolute atomic E-state index is 0.109. The van der Waals surface area contributed by atoms with Gasteiger partial charge in [-0.2, -0.15) is 0 Å². The number of anilines is 4. The summed E-state index contributed by atoms with van der Waals surface area (Å²) in [6, 6.07) is 0. The van der Waals surface area contributed by atoms with Gasteiger partial charge in [0.1, 0.15) is 0 Å². The molecule has 15 heavy (non-hydrogen) atoms. The number of carbonyl (C=O) groups is 1. The molecule has 1 aromatic rings.